The molecule has 1 heterocycles. The van der Waals surface area contributed by atoms with Crippen LogP contribution in [0.3, 0.4) is 0 Å². The van der Waals surface area contributed by atoms with Crippen molar-refractivity contribution < 1.29 is 0 Å². The van der Waals surface area contributed by atoms with E-state index in [4.69, 9.17) is 0 Å². The number of nitrogens with one attached hydrogen (secondary N) is 2. The van der Waals surface area contributed by atoms with Crippen molar-refractivity contribution >= 4 is 11.6 Å². The minimum Gasteiger partial charge on any atom is -0.373 e. The van der Waals surface area contributed by atoms with Gasteiger partial charge in [-0.3, -0.25) is 4.90 Å². The van der Waals surface area contributed by atoms with Crippen LogP contribution in [0.4, 0.5) is 11.6 Å². The third-order valence-corrected chi connectivity index (χ3v) is 4.08. The fourth-order valence-electron chi connectivity index (χ4n) is 2.56. The summed E-state index contributed by atoms with van der Waals surface area (Å²) in [5.74, 6) is 3.11. The van der Waals surface area contributed by atoms with Crippen molar-refractivity contribution in [3.05, 3.63) is 11.4 Å². The summed E-state index contributed by atoms with van der Waals surface area (Å²) in [4.78, 5) is 11.8. The largest absolute Gasteiger partial charge is 0.373 e. The number of hydrogen-bond acceptors (Lipinski definition) is 5. The second-order valence-electron chi connectivity index (χ2n) is 6.10. The Kier molecular flexibility index (Phi) is 5.39. The van der Waals surface area contributed by atoms with Gasteiger partial charge in [0, 0.05) is 37.7 Å². The Morgan fingerprint density at radius 2 is 1.90 bits per heavy atom. The van der Waals surface area contributed by atoms with Gasteiger partial charge in [-0.05, 0) is 26.3 Å². The van der Waals surface area contributed by atoms with Gasteiger partial charge in [-0.2, -0.15) is 0 Å². The molecule has 1 aromatic heterocycles. The molecule has 0 aromatic carbocycles. The van der Waals surface area contributed by atoms with E-state index in [2.05, 4.69) is 53.2 Å². The van der Waals surface area contributed by atoms with E-state index < -0.39 is 0 Å². The first-order chi connectivity index (χ1) is 10.1. The zero-order chi connectivity index (χ0) is 15.4. The van der Waals surface area contributed by atoms with Gasteiger partial charge in [0.05, 0.1) is 0 Å². The fourth-order valence-corrected chi connectivity index (χ4v) is 2.56. The van der Waals surface area contributed by atoms with Gasteiger partial charge in [0.2, 0.25) is 0 Å². The average Bonchev–Trinajstić information content (AvgIpc) is 3.29. The molecular weight excluding hydrogens is 262 g/mol. The van der Waals surface area contributed by atoms with Crippen molar-refractivity contribution in [2.45, 2.75) is 52.5 Å². The van der Waals surface area contributed by atoms with E-state index in [0.29, 0.717) is 5.92 Å². The Morgan fingerprint density at radius 3 is 2.43 bits per heavy atom. The molecule has 2 N–H and O–H groups in total. The van der Waals surface area contributed by atoms with Crippen LogP contribution < -0.4 is 10.6 Å². The summed E-state index contributed by atoms with van der Waals surface area (Å²) < 4.78 is 0. The van der Waals surface area contributed by atoms with E-state index >= 15 is 0 Å². The van der Waals surface area contributed by atoms with Gasteiger partial charge in [0.15, 0.2) is 0 Å². The highest BCUT2D eigenvalue weighted by molar-refractivity contribution is 5.57. The van der Waals surface area contributed by atoms with Gasteiger partial charge >= 0.3 is 0 Å². The summed E-state index contributed by atoms with van der Waals surface area (Å²) in [7, 11) is 1.91. The number of anilines is 2. The summed E-state index contributed by atoms with van der Waals surface area (Å²) in [6, 6.07) is 0.822. The molecule has 1 saturated carbocycles. The van der Waals surface area contributed by atoms with Gasteiger partial charge in [-0.15, -0.1) is 0 Å². The maximum absolute atomic E-state index is 4.68. The molecule has 118 valence electrons. The lowest BCUT2D eigenvalue weighted by Gasteiger charge is -2.21. The molecule has 0 atom stereocenters. The van der Waals surface area contributed by atoms with Gasteiger partial charge in [-0.1, -0.05) is 20.8 Å². The minimum absolute atomic E-state index is 0.330. The lowest BCUT2D eigenvalue weighted by atomic mass is 10.2. The Bertz CT molecular complexity index is 468. The number of nitrogens with zero attached hydrogens (tertiary/aromatic N) is 3. The first-order valence-electron chi connectivity index (χ1n) is 8.11. The first-order valence-corrected chi connectivity index (χ1v) is 8.11. The van der Waals surface area contributed by atoms with Crippen LogP contribution in [0.2, 0.25) is 0 Å². The lowest BCUT2D eigenvalue weighted by Crippen LogP contribution is -2.31. The van der Waals surface area contributed by atoms with Crippen molar-refractivity contribution in [2.24, 2.45) is 0 Å². The summed E-state index contributed by atoms with van der Waals surface area (Å²) in [6.45, 7) is 11.7. The Balaban J connectivity index is 2.02. The zero-order valence-electron chi connectivity index (χ0n) is 14.0. The monoisotopic (exact) mass is 291 g/mol. The molecule has 1 fully saturated rings. The van der Waals surface area contributed by atoms with E-state index in [0.717, 1.165) is 48.7 Å². The third kappa shape index (κ3) is 4.06. The molecule has 0 unspecified atom stereocenters. The van der Waals surface area contributed by atoms with Crippen molar-refractivity contribution in [3.63, 3.8) is 0 Å². The van der Waals surface area contributed by atoms with Gasteiger partial charge in [0.1, 0.15) is 17.5 Å². The van der Waals surface area contributed by atoms with Crippen LogP contribution in [0.1, 0.15) is 50.9 Å². The molecule has 1 aromatic rings. The molecule has 0 saturated heterocycles. The second kappa shape index (κ2) is 7.07. The third-order valence-electron chi connectivity index (χ3n) is 4.08. The maximum atomic E-state index is 4.68. The summed E-state index contributed by atoms with van der Waals surface area (Å²) in [5.41, 5.74) is 1.09. The number of likely N-dealkylation sites (N-methyl/N-ethyl adjacent to an activating group) is 1. The van der Waals surface area contributed by atoms with E-state index in [1.165, 1.54) is 12.8 Å². The molecular formula is C16H29N5. The average molecular weight is 291 g/mol. The number of hydrogen-bond donors (Lipinski definition) is 2. The standard InChI is InChI=1S/C16H29N5/c1-6-21(13-7-8-13)10-9-18-16-12(4)15(17-5)19-14(20-16)11(2)3/h11,13H,6-10H2,1-5H3,(H2,17,18,19,20). The summed E-state index contributed by atoms with van der Waals surface area (Å²) >= 11 is 0. The van der Waals surface area contributed by atoms with E-state index in [9.17, 15) is 0 Å². The van der Waals surface area contributed by atoms with Crippen LogP contribution >= 0.6 is 0 Å². The van der Waals surface area contributed by atoms with Crippen LogP contribution in [-0.4, -0.2) is 47.6 Å². The van der Waals surface area contributed by atoms with Crippen molar-refractivity contribution in [1.82, 2.24) is 14.9 Å². The Hall–Kier alpha value is -1.36. The van der Waals surface area contributed by atoms with E-state index in [1.54, 1.807) is 0 Å². The van der Waals surface area contributed by atoms with Crippen LogP contribution in [0.5, 0.6) is 0 Å². The quantitative estimate of drug-likeness (QED) is 0.771. The molecule has 0 bridgehead atoms. The van der Waals surface area contributed by atoms with Gasteiger partial charge in [0.25, 0.3) is 0 Å². The summed E-state index contributed by atoms with van der Waals surface area (Å²) in [6.07, 6.45) is 2.73. The molecule has 5 nitrogen and oxygen atoms in total. The van der Waals surface area contributed by atoms with E-state index in [1.807, 2.05) is 7.05 Å². The van der Waals surface area contributed by atoms with Crippen molar-refractivity contribution in [1.29, 1.82) is 0 Å². The smallest absolute Gasteiger partial charge is 0.135 e. The molecule has 0 amide bonds. The second-order valence-corrected chi connectivity index (χ2v) is 6.10. The van der Waals surface area contributed by atoms with E-state index in [-0.39, 0.29) is 0 Å². The van der Waals surface area contributed by atoms with Crippen molar-refractivity contribution in [2.75, 3.05) is 37.3 Å². The highest BCUT2D eigenvalue weighted by Gasteiger charge is 2.27. The Labute approximate surface area is 128 Å². The maximum Gasteiger partial charge on any atom is 0.135 e. The lowest BCUT2D eigenvalue weighted by molar-refractivity contribution is 0.289. The van der Waals surface area contributed by atoms with Gasteiger partial charge in [-0.25, -0.2) is 9.97 Å². The molecule has 1 aliphatic carbocycles. The number of aromatic nitrogens is 2. The topological polar surface area (TPSA) is 53.1 Å². The SMILES string of the molecule is CCN(CCNc1nc(C(C)C)nc(NC)c1C)C1CC1. The molecule has 2 rings (SSSR count). The van der Waals surface area contributed by atoms with Crippen molar-refractivity contribution in [3.8, 4) is 0 Å². The van der Waals surface area contributed by atoms with Crippen LogP contribution in [-0.2, 0) is 0 Å². The highest BCUT2D eigenvalue weighted by atomic mass is 15.2. The van der Waals surface area contributed by atoms with Crippen LogP contribution in [0.15, 0.2) is 0 Å². The molecule has 1 aliphatic rings. The van der Waals surface area contributed by atoms with Gasteiger partial charge < -0.3 is 10.6 Å². The highest BCUT2D eigenvalue weighted by Crippen LogP contribution is 2.26. The van der Waals surface area contributed by atoms with Crippen LogP contribution in [0, 0.1) is 6.92 Å². The predicted octanol–water partition coefficient (Wildman–Crippen LogP) is 2.85. The molecule has 21 heavy (non-hydrogen) atoms. The predicted molar refractivity (Wildman–Crippen MR) is 89.2 cm³/mol. The molecule has 0 spiro atoms. The van der Waals surface area contributed by atoms with Crippen LogP contribution in [0.25, 0.3) is 0 Å². The normalized spacial score (nSPS) is 14.8. The number of rotatable bonds is 8. The Morgan fingerprint density at radius 1 is 1.24 bits per heavy atom. The zero-order valence-corrected chi connectivity index (χ0v) is 14.0. The first kappa shape index (κ1) is 16.0. The molecule has 5 heteroatoms. The molecule has 0 aliphatic heterocycles. The summed E-state index contributed by atoms with van der Waals surface area (Å²) in [5, 5.41) is 6.67. The fraction of sp³-hybridized carbons (Fsp3) is 0.750. The molecule has 0 radical (unpaired) electrons. The minimum atomic E-state index is 0.330.